The Labute approximate surface area is 121 Å². The lowest BCUT2D eigenvalue weighted by atomic mass is 10.2. The van der Waals surface area contributed by atoms with E-state index in [-0.39, 0.29) is 5.69 Å². The summed E-state index contributed by atoms with van der Waals surface area (Å²) in [6.45, 7) is 3.77. The van der Waals surface area contributed by atoms with Crippen LogP contribution in [0.2, 0.25) is 0 Å². The fourth-order valence-corrected chi connectivity index (χ4v) is 2.82. The molecule has 0 aliphatic heterocycles. The summed E-state index contributed by atoms with van der Waals surface area (Å²) in [6.07, 6.45) is 0. The van der Waals surface area contributed by atoms with Crippen molar-refractivity contribution >= 4 is 17.4 Å². The average Bonchev–Trinajstić information content (AvgIpc) is 2.41. The van der Waals surface area contributed by atoms with Gasteiger partial charge in [0, 0.05) is 10.5 Å². The standard InChI is InChI=1S/C15H15NO3S/c1-10-4-6-12(7-5-10)20-15-8-11(2)13(16(17)18)9-14(15)19-3/h4-9H,1-3H3. The van der Waals surface area contributed by atoms with Gasteiger partial charge in [-0.05, 0) is 32.0 Å². The Morgan fingerprint density at radius 3 is 2.35 bits per heavy atom. The number of nitro benzene ring substituents is 1. The van der Waals surface area contributed by atoms with Gasteiger partial charge in [-0.3, -0.25) is 10.1 Å². The molecular weight excluding hydrogens is 274 g/mol. The molecule has 104 valence electrons. The molecule has 0 heterocycles. The third-order valence-electron chi connectivity index (χ3n) is 2.93. The summed E-state index contributed by atoms with van der Waals surface area (Å²) in [5.74, 6) is 0.521. The van der Waals surface area contributed by atoms with Gasteiger partial charge in [0.2, 0.25) is 0 Å². The van der Waals surface area contributed by atoms with Crippen molar-refractivity contribution in [2.75, 3.05) is 7.11 Å². The highest BCUT2D eigenvalue weighted by atomic mass is 32.2. The molecule has 0 aromatic heterocycles. The van der Waals surface area contributed by atoms with Crippen LogP contribution in [0.5, 0.6) is 5.75 Å². The van der Waals surface area contributed by atoms with E-state index in [0.29, 0.717) is 11.3 Å². The first-order valence-electron chi connectivity index (χ1n) is 6.09. The molecule has 0 aliphatic carbocycles. The van der Waals surface area contributed by atoms with Crippen LogP contribution in [-0.2, 0) is 0 Å². The molecule has 0 N–H and O–H groups in total. The summed E-state index contributed by atoms with van der Waals surface area (Å²) in [5, 5.41) is 10.9. The number of aryl methyl sites for hydroxylation is 2. The monoisotopic (exact) mass is 289 g/mol. The molecule has 0 atom stereocenters. The van der Waals surface area contributed by atoms with Crippen molar-refractivity contribution in [3.05, 3.63) is 57.6 Å². The van der Waals surface area contributed by atoms with E-state index >= 15 is 0 Å². The number of hydrogen-bond donors (Lipinski definition) is 0. The number of rotatable bonds is 4. The van der Waals surface area contributed by atoms with Crippen LogP contribution in [0.25, 0.3) is 0 Å². The lowest BCUT2D eigenvalue weighted by molar-refractivity contribution is -0.385. The third-order valence-corrected chi connectivity index (χ3v) is 3.97. The van der Waals surface area contributed by atoms with Gasteiger partial charge in [-0.1, -0.05) is 29.5 Å². The van der Waals surface area contributed by atoms with E-state index in [1.807, 2.05) is 31.2 Å². The van der Waals surface area contributed by atoms with Gasteiger partial charge in [-0.2, -0.15) is 0 Å². The van der Waals surface area contributed by atoms with Gasteiger partial charge < -0.3 is 4.74 Å². The van der Waals surface area contributed by atoms with E-state index < -0.39 is 4.92 Å². The number of methoxy groups -OCH3 is 1. The average molecular weight is 289 g/mol. The van der Waals surface area contributed by atoms with E-state index in [2.05, 4.69) is 0 Å². The van der Waals surface area contributed by atoms with Crippen molar-refractivity contribution in [2.45, 2.75) is 23.6 Å². The first-order valence-corrected chi connectivity index (χ1v) is 6.90. The van der Waals surface area contributed by atoms with Gasteiger partial charge in [-0.15, -0.1) is 0 Å². The zero-order chi connectivity index (χ0) is 14.7. The summed E-state index contributed by atoms with van der Waals surface area (Å²) in [5.41, 5.74) is 1.90. The van der Waals surface area contributed by atoms with Crippen molar-refractivity contribution in [1.29, 1.82) is 0 Å². The quantitative estimate of drug-likeness (QED) is 0.619. The molecule has 2 aromatic carbocycles. The second kappa shape index (κ2) is 5.96. The Bertz CT molecular complexity index is 638. The van der Waals surface area contributed by atoms with Crippen LogP contribution < -0.4 is 4.74 Å². The fraction of sp³-hybridized carbons (Fsp3) is 0.200. The molecular formula is C15H15NO3S. The Hall–Kier alpha value is -2.01. The fourth-order valence-electron chi connectivity index (χ4n) is 1.82. The van der Waals surface area contributed by atoms with Gasteiger partial charge in [0.05, 0.1) is 23.0 Å². The van der Waals surface area contributed by atoms with Gasteiger partial charge in [-0.25, -0.2) is 0 Å². The molecule has 4 nitrogen and oxygen atoms in total. The van der Waals surface area contributed by atoms with Crippen molar-refractivity contribution in [3.8, 4) is 5.75 Å². The molecule has 0 fully saturated rings. The van der Waals surface area contributed by atoms with Gasteiger partial charge in [0.25, 0.3) is 5.69 Å². The zero-order valence-electron chi connectivity index (χ0n) is 11.5. The van der Waals surface area contributed by atoms with Gasteiger partial charge in [0.1, 0.15) is 5.75 Å². The minimum absolute atomic E-state index is 0.0788. The first kappa shape index (κ1) is 14.4. The van der Waals surface area contributed by atoms with E-state index in [1.54, 1.807) is 13.0 Å². The smallest absolute Gasteiger partial charge is 0.276 e. The largest absolute Gasteiger partial charge is 0.495 e. The van der Waals surface area contributed by atoms with Crippen LogP contribution in [0.3, 0.4) is 0 Å². The molecule has 0 bridgehead atoms. The van der Waals surface area contributed by atoms with Crippen molar-refractivity contribution in [2.24, 2.45) is 0 Å². The molecule has 5 heteroatoms. The van der Waals surface area contributed by atoms with Crippen LogP contribution in [0.1, 0.15) is 11.1 Å². The van der Waals surface area contributed by atoms with Gasteiger partial charge >= 0.3 is 0 Å². The Balaban J connectivity index is 2.38. The Morgan fingerprint density at radius 2 is 1.80 bits per heavy atom. The number of ether oxygens (including phenoxy) is 1. The number of hydrogen-bond acceptors (Lipinski definition) is 4. The molecule has 0 spiro atoms. The lowest BCUT2D eigenvalue weighted by Gasteiger charge is -2.10. The second-order valence-electron chi connectivity index (χ2n) is 4.46. The van der Waals surface area contributed by atoms with Gasteiger partial charge in [0.15, 0.2) is 0 Å². The van der Waals surface area contributed by atoms with Crippen LogP contribution in [0.15, 0.2) is 46.2 Å². The highest BCUT2D eigenvalue weighted by Gasteiger charge is 2.16. The predicted octanol–water partition coefficient (Wildman–Crippen LogP) is 4.37. The number of benzene rings is 2. The van der Waals surface area contributed by atoms with Crippen LogP contribution in [0, 0.1) is 24.0 Å². The Kier molecular flexibility index (Phi) is 4.29. The van der Waals surface area contributed by atoms with E-state index in [0.717, 1.165) is 9.79 Å². The molecule has 20 heavy (non-hydrogen) atoms. The van der Waals surface area contributed by atoms with Crippen molar-refractivity contribution in [3.63, 3.8) is 0 Å². The molecule has 0 radical (unpaired) electrons. The molecule has 0 unspecified atom stereocenters. The molecule has 0 saturated carbocycles. The van der Waals surface area contributed by atoms with E-state index in [1.165, 1.54) is 30.5 Å². The zero-order valence-corrected chi connectivity index (χ0v) is 12.4. The Morgan fingerprint density at radius 1 is 1.15 bits per heavy atom. The molecule has 0 saturated heterocycles. The molecule has 0 amide bonds. The maximum Gasteiger partial charge on any atom is 0.276 e. The second-order valence-corrected chi connectivity index (χ2v) is 5.58. The summed E-state index contributed by atoms with van der Waals surface area (Å²) in [7, 11) is 1.52. The highest BCUT2D eigenvalue weighted by molar-refractivity contribution is 7.99. The predicted molar refractivity (Wildman–Crippen MR) is 79.7 cm³/mol. The van der Waals surface area contributed by atoms with E-state index in [9.17, 15) is 10.1 Å². The SMILES string of the molecule is COc1cc([N+](=O)[O-])c(C)cc1Sc1ccc(C)cc1. The summed E-state index contributed by atoms with van der Waals surface area (Å²) < 4.78 is 5.26. The number of nitrogens with zero attached hydrogens (tertiary/aromatic N) is 1. The summed E-state index contributed by atoms with van der Waals surface area (Å²) in [4.78, 5) is 12.5. The van der Waals surface area contributed by atoms with Crippen LogP contribution in [-0.4, -0.2) is 12.0 Å². The van der Waals surface area contributed by atoms with Crippen molar-refractivity contribution < 1.29 is 9.66 Å². The minimum atomic E-state index is -0.391. The number of nitro groups is 1. The summed E-state index contributed by atoms with van der Waals surface area (Å²) in [6, 6.07) is 11.4. The molecule has 0 aliphatic rings. The maximum atomic E-state index is 10.9. The summed E-state index contributed by atoms with van der Waals surface area (Å²) >= 11 is 1.53. The highest BCUT2D eigenvalue weighted by Crippen LogP contribution is 2.38. The van der Waals surface area contributed by atoms with E-state index in [4.69, 9.17) is 4.74 Å². The van der Waals surface area contributed by atoms with Crippen molar-refractivity contribution in [1.82, 2.24) is 0 Å². The van der Waals surface area contributed by atoms with Crippen LogP contribution in [0.4, 0.5) is 5.69 Å². The van der Waals surface area contributed by atoms with Crippen LogP contribution >= 0.6 is 11.8 Å². The third kappa shape index (κ3) is 3.11. The topological polar surface area (TPSA) is 52.4 Å². The normalized spacial score (nSPS) is 10.3. The maximum absolute atomic E-state index is 10.9. The lowest BCUT2D eigenvalue weighted by Crippen LogP contribution is -1.95. The molecule has 2 rings (SSSR count). The minimum Gasteiger partial charge on any atom is -0.495 e. The first-order chi connectivity index (χ1) is 9.51. The molecule has 2 aromatic rings.